The molecule has 1 aromatic heterocycles. The third-order valence-electron chi connectivity index (χ3n) is 6.58. The third-order valence-corrected chi connectivity index (χ3v) is 8.26. The molecule has 5 rings (SSSR count). The maximum Gasteiger partial charge on any atom is 0.206 e. The number of rotatable bonds is 4. The summed E-state index contributed by atoms with van der Waals surface area (Å²) >= 11 is 13.7. The van der Waals surface area contributed by atoms with Gasteiger partial charge in [0, 0.05) is 39.8 Å². The molecule has 0 saturated heterocycles. The van der Waals surface area contributed by atoms with Crippen molar-refractivity contribution in [2.24, 2.45) is 5.41 Å². The number of benzene rings is 2. The van der Waals surface area contributed by atoms with Gasteiger partial charge in [-0.05, 0) is 47.7 Å². The van der Waals surface area contributed by atoms with Crippen LogP contribution in [-0.2, 0) is 4.79 Å². The van der Waals surface area contributed by atoms with Crippen molar-refractivity contribution in [2.75, 3.05) is 18.2 Å². The molecule has 2 heterocycles. The Kier molecular flexibility index (Phi) is 5.94. The number of ketones is 2. The maximum atomic E-state index is 13.5. The molecule has 1 atom stereocenters. The fourth-order valence-corrected chi connectivity index (χ4v) is 6.63. The number of hydrogen-bond acceptors (Lipinski definition) is 6. The zero-order valence-electron chi connectivity index (χ0n) is 19.5. The lowest BCUT2D eigenvalue weighted by Crippen LogP contribution is -2.33. The number of nitrogens with two attached hydrogens (primary N) is 1. The maximum absolute atomic E-state index is 13.5. The smallest absolute Gasteiger partial charge is 0.206 e. The molecule has 1 unspecified atom stereocenters. The minimum atomic E-state index is -0.380. The van der Waals surface area contributed by atoms with Gasteiger partial charge in [-0.3, -0.25) is 9.59 Å². The number of nitrogens with one attached hydrogen (secondary N) is 1. The third kappa shape index (κ3) is 4.14. The normalized spacial score (nSPS) is 18.5. The van der Waals surface area contributed by atoms with E-state index in [1.54, 1.807) is 25.3 Å². The van der Waals surface area contributed by atoms with Crippen molar-refractivity contribution < 1.29 is 14.3 Å². The average molecular weight is 527 g/mol. The molecular weight excluding hydrogens is 503 g/mol. The highest BCUT2D eigenvalue weighted by molar-refractivity contribution is 7.19. The van der Waals surface area contributed by atoms with E-state index < -0.39 is 0 Å². The summed E-state index contributed by atoms with van der Waals surface area (Å²) in [6.45, 7) is 4.18. The number of hydrogen-bond donors (Lipinski definition) is 2. The van der Waals surface area contributed by atoms with E-state index in [4.69, 9.17) is 33.7 Å². The van der Waals surface area contributed by atoms with E-state index in [0.717, 1.165) is 39.6 Å². The van der Waals surface area contributed by atoms with Crippen molar-refractivity contribution in [3.05, 3.63) is 85.3 Å². The number of carbonyl (C=O) groups excluding carboxylic acids is 2. The number of methoxy groups -OCH3 is 1. The number of halogens is 2. The first-order valence-electron chi connectivity index (χ1n) is 11.2. The summed E-state index contributed by atoms with van der Waals surface area (Å²) in [6.07, 6.45) is 1.18. The van der Waals surface area contributed by atoms with Crippen LogP contribution in [0.2, 0.25) is 10.0 Å². The van der Waals surface area contributed by atoms with Gasteiger partial charge in [-0.25, -0.2) is 0 Å². The van der Waals surface area contributed by atoms with Gasteiger partial charge in [0.1, 0.15) is 10.6 Å². The topological polar surface area (TPSA) is 81.4 Å². The predicted molar refractivity (Wildman–Crippen MR) is 142 cm³/mol. The van der Waals surface area contributed by atoms with Crippen LogP contribution in [-0.4, -0.2) is 18.7 Å². The average Bonchev–Trinajstić information content (AvgIpc) is 3.12. The van der Waals surface area contributed by atoms with Crippen LogP contribution in [0.15, 0.2) is 53.7 Å². The minimum absolute atomic E-state index is 0.0921. The number of allylic oxidation sites excluding steroid dienone is 2. The Morgan fingerprint density at radius 2 is 1.86 bits per heavy atom. The van der Waals surface area contributed by atoms with Crippen molar-refractivity contribution in [1.82, 2.24) is 0 Å². The van der Waals surface area contributed by atoms with Gasteiger partial charge in [0.05, 0.1) is 22.8 Å². The molecule has 0 fully saturated rings. The van der Waals surface area contributed by atoms with E-state index in [1.807, 2.05) is 24.3 Å². The number of carbonyl (C=O) groups is 2. The molecule has 2 aliphatic rings. The van der Waals surface area contributed by atoms with Crippen molar-refractivity contribution in [3.63, 3.8) is 0 Å². The van der Waals surface area contributed by atoms with Crippen LogP contribution in [0.1, 0.15) is 59.0 Å². The Morgan fingerprint density at radius 1 is 1.14 bits per heavy atom. The van der Waals surface area contributed by atoms with Gasteiger partial charge in [-0.1, -0.05) is 49.2 Å². The summed E-state index contributed by atoms with van der Waals surface area (Å²) in [5, 5.41) is 4.96. The molecule has 5 nitrogen and oxygen atoms in total. The second-order valence-corrected chi connectivity index (χ2v) is 11.6. The highest BCUT2D eigenvalue weighted by Crippen LogP contribution is 2.54. The first-order valence-corrected chi connectivity index (χ1v) is 12.8. The molecule has 0 saturated carbocycles. The van der Waals surface area contributed by atoms with E-state index >= 15 is 0 Å². The molecule has 3 aromatic rings. The summed E-state index contributed by atoms with van der Waals surface area (Å²) in [6, 6.07) is 12.4. The Hall–Kier alpha value is -2.80. The number of fused-ring (bicyclic) bond motifs is 1. The van der Waals surface area contributed by atoms with Gasteiger partial charge in [0.25, 0.3) is 0 Å². The van der Waals surface area contributed by atoms with Gasteiger partial charge in [0.2, 0.25) is 5.78 Å². The Morgan fingerprint density at radius 3 is 2.51 bits per heavy atom. The molecule has 1 aliphatic heterocycles. The summed E-state index contributed by atoms with van der Waals surface area (Å²) in [4.78, 5) is 27.3. The number of anilines is 2. The number of nitrogen functional groups attached to an aromatic ring is 1. The summed E-state index contributed by atoms with van der Waals surface area (Å²) in [7, 11) is 1.61. The van der Waals surface area contributed by atoms with Crippen molar-refractivity contribution >= 4 is 56.8 Å². The van der Waals surface area contributed by atoms with Gasteiger partial charge in [-0.15, -0.1) is 11.3 Å². The van der Waals surface area contributed by atoms with Crippen LogP contribution in [0.4, 0.5) is 10.7 Å². The molecule has 180 valence electrons. The van der Waals surface area contributed by atoms with Gasteiger partial charge >= 0.3 is 0 Å². The lowest BCUT2D eigenvalue weighted by atomic mass is 9.69. The largest absolute Gasteiger partial charge is 0.497 e. The zero-order valence-corrected chi connectivity index (χ0v) is 21.8. The Labute approximate surface area is 217 Å². The van der Waals surface area contributed by atoms with E-state index in [-0.39, 0.29) is 27.9 Å². The molecule has 35 heavy (non-hydrogen) atoms. The molecule has 0 amide bonds. The molecule has 2 aromatic carbocycles. The Bertz CT molecular complexity index is 1410. The minimum Gasteiger partial charge on any atom is -0.497 e. The van der Waals surface area contributed by atoms with E-state index in [9.17, 15) is 9.59 Å². The van der Waals surface area contributed by atoms with Crippen molar-refractivity contribution in [2.45, 2.75) is 32.6 Å². The van der Waals surface area contributed by atoms with Crippen LogP contribution < -0.4 is 15.8 Å². The highest BCUT2D eigenvalue weighted by Gasteiger charge is 2.43. The van der Waals surface area contributed by atoms with Crippen molar-refractivity contribution in [1.29, 1.82) is 0 Å². The summed E-state index contributed by atoms with van der Waals surface area (Å²) in [5.41, 5.74) is 10.5. The summed E-state index contributed by atoms with van der Waals surface area (Å²) in [5.74, 6) is 0.159. The van der Waals surface area contributed by atoms with E-state index in [2.05, 4.69) is 19.2 Å². The SMILES string of the molecule is COc1ccc(C2C3=C(CC(C)(C)CC3=O)Nc3sc(C(=O)c4ccc(Cl)cc4Cl)c(N)c32)cc1. The van der Waals surface area contributed by atoms with E-state index in [0.29, 0.717) is 27.6 Å². The Balaban J connectivity index is 1.68. The van der Waals surface area contributed by atoms with Crippen LogP contribution in [0, 0.1) is 5.41 Å². The fourth-order valence-electron chi connectivity index (χ4n) is 4.99. The van der Waals surface area contributed by atoms with Crippen LogP contribution in [0.5, 0.6) is 5.75 Å². The monoisotopic (exact) mass is 526 g/mol. The molecule has 1 aliphatic carbocycles. The van der Waals surface area contributed by atoms with Crippen molar-refractivity contribution in [3.8, 4) is 5.75 Å². The van der Waals surface area contributed by atoms with Gasteiger partial charge < -0.3 is 15.8 Å². The molecule has 0 spiro atoms. The fraction of sp³-hybridized carbons (Fsp3) is 0.259. The van der Waals surface area contributed by atoms with E-state index in [1.165, 1.54) is 11.3 Å². The van der Waals surface area contributed by atoms with Crippen LogP contribution in [0.3, 0.4) is 0 Å². The second-order valence-electron chi connectivity index (χ2n) is 9.71. The molecule has 0 bridgehead atoms. The molecule has 0 radical (unpaired) electrons. The predicted octanol–water partition coefficient (Wildman–Crippen LogP) is 7.08. The lowest BCUT2D eigenvalue weighted by molar-refractivity contribution is -0.118. The summed E-state index contributed by atoms with van der Waals surface area (Å²) < 4.78 is 5.33. The zero-order chi connectivity index (χ0) is 25.1. The van der Waals surface area contributed by atoms with Crippen LogP contribution >= 0.6 is 34.5 Å². The second kappa shape index (κ2) is 8.70. The first-order chi connectivity index (χ1) is 16.6. The molecule has 3 N–H and O–H groups in total. The quantitative estimate of drug-likeness (QED) is 0.355. The van der Waals surface area contributed by atoms with Gasteiger partial charge in [0.15, 0.2) is 5.78 Å². The lowest BCUT2D eigenvalue weighted by Gasteiger charge is -2.38. The molecule has 8 heteroatoms. The highest BCUT2D eigenvalue weighted by atomic mass is 35.5. The van der Waals surface area contributed by atoms with Gasteiger partial charge in [-0.2, -0.15) is 0 Å². The number of Topliss-reactive ketones (excluding diaryl/α,β-unsaturated/α-hetero) is 1. The first kappa shape index (κ1) is 23.9. The standard InChI is InChI=1S/C27H24Cl2N2O3S/c1-27(2)11-18-21(19(32)12-27)20(13-4-7-15(34-3)8-5-13)22-23(30)25(35-26(22)31-18)24(33)16-9-6-14(28)10-17(16)29/h4-10,20,31H,11-12,30H2,1-3H3. The van der Waals surface area contributed by atoms with Crippen LogP contribution in [0.25, 0.3) is 0 Å². The number of thiophene rings is 1. The number of ether oxygens (including phenoxy) is 1. The molecular formula is C27H24Cl2N2O3S.